The number of nitrogens with one attached hydrogen (secondary N) is 1. The number of hydrogen-bond acceptors (Lipinski definition) is 5. The molecular weight excluding hydrogens is 280 g/mol. The van der Waals surface area contributed by atoms with Crippen molar-refractivity contribution in [1.82, 2.24) is 0 Å². The first-order valence-electron chi connectivity index (χ1n) is 5.28. The van der Waals surface area contributed by atoms with E-state index < -0.39 is 14.8 Å². The van der Waals surface area contributed by atoms with E-state index in [2.05, 4.69) is 5.32 Å². The molecule has 2 rings (SSSR count). The summed E-state index contributed by atoms with van der Waals surface area (Å²) in [6, 6.07) is 3.80. The van der Waals surface area contributed by atoms with Gasteiger partial charge in [-0.3, -0.25) is 10.1 Å². The molecule has 1 aromatic carbocycles. The average molecular weight is 291 g/mol. The van der Waals surface area contributed by atoms with Gasteiger partial charge in [0.05, 0.1) is 27.1 Å². The molecule has 1 aromatic rings. The lowest BCUT2D eigenvalue weighted by atomic mass is 10.2. The molecule has 1 heterocycles. The van der Waals surface area contributed by atoms with E-state index in [4.69, 9.17) is 11.6 Å². The minimum atomic E-state index is -2.99. The second-order valence-corrected chi connectivity index (χ2v) is 6.80. The summed E-state index contributed by atoms with van der Waals surface area (Å²) in [5.41, 5.74) is 0.315. The maximum absolute atomic E-state index is 11.3. The summed E-state index contributed by atoms with van der Waals surface area (Å²) < 4.78 is 22.6. The van der Waals surface area contributed by atoms with Gasteiger partial charge in [-0.2, -0.15) is 0 Å². The molecule has 1 saturated heterocycles. The molecule has 1 aliphatic heterocycles. The van der Waals surface area contributed by atoms with Crippen molar-refractivity contribution in [2.45, 2.75) is 12.5 Å². The van der Waals surface area contributed by atoms with Gasteiger partial charge in [0.2, 0.25) is 0 Å². The van der Waals surface area contributed by atoms with Crippen LogP contribution >= 0.6 is 11.6 Å². The van der Waals surface area contributed by atoms with Crippen LogP contribution in [0.5, 0.6) is 0 Å². The van der Waals surface area contributed by atoms with Gasteiger partial charge in [-0.1, -0.05) is 11.6 Å². The predicted octanol–water partition coefficient (Wildman–Crippen LogP) is 1.85. The topological polar surface area (TPSA) is 89.3 Å². The molecule has 0 amide bonds. The molecule has 0 aliphatic carbocycles. The molecule has 0 radical (unpaired) electrons. The molecular formula is C10H11ClN2O4S. The van der Waals surface area contributed by atoms with Crippen LogP contribution in [-0.4, -0.2) is 30.9 Å². The highest BCUT2D eigenvalue weighted by Gasteiger charge is 2.28. The zero-order valence-corrected chi connectivity index (χ0v) is 10.9. The van der Waals surface area contributed by atoms with Crippen molar-refractivity contribution in [2.24, 2.45) is 0 Å². The zero-order chi connectivity index (χ0) is 13.3. The highest BCUT2D eigenvalue weighted by Crippen LogP contribution is 2.28. The number of halogens is 1. The fourth-order valence-electron chi connectivity index (χ4n) is 1.87. The van der Waals surface area contributed by atoms with Crippen molar-refractivity contribution in [3.8, 4) is 0 Å². The fourth-order valence-corrected chi connectivity index (χ4v) is 3.71. The van der Waals surface area contributed by atoms with Gasteiger partial charge in [-0.25, -0.2) is 8.42 Å². The Kier molecular flexibility index (Phi) is 3.45. The van der Waals surface area contributed by atoms with Crippen LogP contribution < -0.4 is 5.32 Å². The summed E-state index contributed by atoms with van der Waals surface area (Å²) in [6.07, 6.45) is 0.487. The largest absolute Gasteiger partial charge is 0.380 e. The highest BCUT2D eigenvalue weighted by molar-refractivity contribution is 7.91. The Hall–Kier alpha value is -1.34. The van der Waals surface area contributed by atoms with Crippen LogP contribution in [0.25, 0.3) is 0 Å². The van der Waals surface area contributed by atoms with Crippen LogP contribution in [0.15, 0.2) is 18.2 Å². The van der Waals surface area contributed by atoms with E-state index in [1.165, 1.54) is 18.2 Å². The maximum atomic E-state index is 11.3. The molecule has 98 valence electrons. The number of rotatable bonds is 3. The summed E-state index contributed by atoms with van der Waals surface area (Å²) >= 11 is 5.92. The molecule has 1 atom stereocenters. The molecule has 6 nitrogen and oxygen atoms in total. The monoisotopic (exact) mass is 290 g/mol. The number of hydrogen-bond donors (Lipinski definition) is 1. The summed E-state index contributed by atoms with van der Waals surface area (Å²) in [6.45, 7) is 0. The summed E-state index contributed by atoms with van der Waals surface area (Å²) in [5.74, 6) is 0.170. The molecule has 0 bridgehead atoms. The zero-order valence-electron chi connectivity index (χ0n) is 9.30. The Morgan fingerprint density at radius 2 is 2.17 bits per heavy atom. The summed E-state index contributed by atoms with van der Waals surface area (Å²) in [5, 5.41) is 13.9. The van der Waals surface area contributed by atoms with E-state index in [9.17, 15) is 18.5 Å². The first-order valence-corrected chi connectivity index (χ1v) is 7.48. The van der Waals surface area contributed by atoms with E-state index in [1.807, 2.05) is 0 Å². The number of nitro groups is 1. The Bertz CT molecular complexity index is 588. The molecule has 1 fully saturated rings. The molecule has 18 heavy (non-hydrogen) atoms. The minimum Gasteiger partial charge on any atom is -0.380 e. The van der Waals surface area contributed by atoms with Crippen molar-refractivity contribution in [3.05, 3.63) is 33.3 Å². The van der Waals surface area contributed by atoms with Gasteiger partial charge in [0.15, 0.2) is 9.84 Å². The Labute approximate surface area is 109 Å². The van der Waals surface area contributed by atoms with Crippen molar-refractivity contribution in [2.75, 3.05) is 16.8 Å². The van der Waals surface area contributed by atoms with Crippen LogP contribution in [-0.2, 0) is 9.84 Å². The van der Waals surface area contributed by atoms with Crippen LogP contribution in [0.4, 0.5) is 11.4 Å². The van der Waals surface area contributed by atoms with Gasteiger partial charge in [0.1, 0.15) is 0 Å². The maximum Gasteiger partial charge on any atom is 0.271 e. The number of nitro benzene ring substituents is 1. The van der Waals surface area contributed by atoms with Gasteiger partial charge < -0.3 is 5.32 Å². The number of sulfone groups is 1. The van der Waals surface area contributed by atoms with Crippen LogP contribution in [0.1, 0.15) is 6.42 Å². The van der Waals surface area contributed by atoms with Crippen molar-refractivity contribution < 1.29 is 13.3 Å². The lowest BCUT2D eigenvalue weighted by Crippen LogP contribution is -2.20. The second-order valence-electron chi connectivity index (χ2n) is 4.17. The van der Waals surface area contributed by atoms with E-state index >= 15 is 0 Å². The van der Waals surface area contributed by atoms with Crippen LogP contribution in [0.2, 0.25) is 5.02 Å². The summed E-state index contributed by atoms with van der Waals surface area (Å²) in [7, 11) is -2.99. The SMILES string of the molecule is O=[N+]([O-])c1ccc(Cl)c(NC2CCS(=O)(=O)C2)c1. The lowest BCUT2D eigenvalue weighted by Gasteiger charge is -2.13. The molecule has 1 unspecified atom stereocenters. The van der Waals surface area contributed by atoms with Gasteiger partial charge in [-0.15, -0.1) is 0 Å². The molecule has 1 N–H and O–H groups in total. The number of anilines is 1. The third-order valence-corrected chi connectivity index (χ3v) is 4.85. The first kappa shape index (κ1) is 13.1. The quantitative estimate of drug-likeness (QED) is 0.678. The lowest BCUT2D eigenvalue weighted by molar-refractivity contribution is -0.384. The van der Waals surface area contributed by atoms with Crippen LogP contribution in [0, 0.1) is 10.1 Å². The third kappa shape index (κ3) is 2.91. The number of non-ortho nitro benzene ring substituents is 1. The Balaban J connectivity index is 2.19. The van der Waals surface area contributed by atoms with Gasteiger partial charge >= 0.3 is 0 Å². The van der Waals surface area contributed by atoms with Crippen molar-refractivity contribution >= 4 is 32.8 Å². The molecule has 1 aliphatic rings. The molecule has 0 spiro atoms. The highest BCUT2D eigenvalue weighted by atomic mass is 35.5. The van der Waals surface area contributed by atoms with Gasteiger partial charge in [0, 0.05) is 18.2 Å². The van der Waals surface area contributed by atoms with E-state index in [1.54, 1.807) is 0 Å². The predicted molar refractivity (Wildman–Crippen MR) is 68.8 cm³/mol. The molecule has 0 saturated carbocycles. The van der Waals surface area contributed by atoms with Gasteiger partial charge in [-0.05, 0) is 12.5 Å². The van der Waals surface area contributed by atoms with E-state index in [0.29, 0.717) is 17.1 Å². The Morgan fingerprint density at radius 3 is 2.72 bits per heavy atom. The minimum absolute atomic E-state index is 0.0338. The standard InChI is InChI=1S/C10H11ClN2O4S/c11-9-2-1-8(13(14)15)5-10(9)12-7-3-4-18(16,17)6-7/h1-2,5,7,12H,3-4,6H2. The second kappa shape index (κ2) is 4.74. The van der Waals surface area contributed by atoms with Crippen molar-refractivity contribution in [3.63, 3.8) is 0 Å². The number of nitrogens with zero attached hydrogens (tertiary/aromatic N) is 1. The van der Waals surface area contributed by atoms with Crippen molar-refractivity contribution in [1.29, 1.82) is 0 Å². The normalized spacial score (nSPS) is 21.7. The average Bonchev–Trinajstić information content (AvgIpc) is 2.61. The fraction of sp³-hybridized carbons (Fsp3) is 0.400. The third-order valence-electron chi connectivity index (χ3n) is 2.75. The van der Waals surface area contributed by atoms with E-state index in [0.717, 1.165) is 0 Å². The van der Waals surface area contributed by atoms with Crippen LogP contribution in [0.3, 0.4) is 0 Å². The van der Waals surface area contributed by atoms with Gasteiger partial charge in [0.25, 0.3) is 5.69 Å². The smallest absolute Gasteiger partial charge is 0.271 e. The first-order chi connectivity index (χ1) is 8.37. The van der Waals surface area contributed by atoms with E-state index in [-0.39, 0.29) is 23.2 Å². The molecule has 8 heteroatoms. The molecule has 0 aromatic heterocycles. The summed E-state index contributed by atoms with van der Waals surface area (Å²) in [4.78, 5) is 10.1. The number of benzene rings is 1. The Morgan fingerprint density at radius 1 is 1.44 bits per heavy atom.